The van der Waals surface area contributed by atoms with Crippen molar-refractivity contribution in [3.05, 3.63) is 51.0 Å². The fraction of sp³-hybridized carbons (Fsp3) is 0.188. The van der Waals surface area contributed by atoms with Crippen molar-refractivity contribution in [3.8, 4) is 11.5 Å². The molecule has 0 amide bonds. The number of anilines is 1. The Morgan fingerprint density at radius 3 is 2.61 bits per heavy atom. The van der Waals surface area contributed by atoms with Crippen molar-refractivity contribution < 1.29 is 19.4 Å². The summed E-state index contributed by atoms with van der Waals surface area (Å²) < 4.78 is 11.5. The quantitative estimate of drug-likeness (QED) is 0.751. The number of carboxylic acid groups (broad SMARTS) is 1. The third-order valence-electron chi connectivity index (χ3n) is 3.26. The van der Waals surface area contributed by atoms with Gasteiger partial charge in [0.2, 0.25) is 0 Å². The maximum absolute atomic E-state index is 11.1. The second kappa shape index (κ2) is 7.57. The monoisotopic (exact) mass is 399 g/mol. The normalized spacial score (nSPS) is 10.3. The summed E-state index contributed by atoms with van der Waals surface area (Å²) >= 11 is 9.59. The summed E-state index contributed by atoms with van der Waals surface area (Å²) in [5, 5.41) is 12.6. The van der Waals surface area contributed by atoms with Gasteiger partial charge in [0.1, 0.15) is 0 Å². The molecular formula is C16H15BrClNO4. The molecule has 0 bridgehead atoms. The molecule has 0 aliphatic heterocycles. The van der Waals surface area contributed by atoms with Crippen LogP contribution in [0.25, 0.3) is 0 Å². The highest BCUT2D eigenvalue weighted by Crippen LogP contribution is 2.36. The first-order valence-corrected chi connectivity index (χ1v) is 7.81. The van der Waals surface area contributed by atoms with Crippen molar-refractivity contribution >= 4 is 39.2 Å². The van der Waals surface area contributed by atoms with Crippen LogP contribution in [0.1, 0.15) is 15.9 Å². The van der Waals surface area contributed by atoms with Gasteiger partial charge >= 0.3 is 5.97 Å². The van der Waals surface area contributed by atoms with Gasteiger partial charge in [-0.1, -0.05) is 27.5 Å². The lowest BCUT2D eigenvalue weighted by Gasteiger charge is -2.16. The molecule has 0 saturated carbocycles. The summed E-state index contributed by atoms with van der Waals surface area (Å²) in [4.78, 5) is 11.1. The lowest BCUT2D eigenvalue weighted by Crippen LogP contribution is -2.06. The molecule has 0 aromatic heterocycles. The van der Waals surface area contributed by atoms with Crippen molar-refractivity contribution in [2.24, 2.45) is 0 Å². The van der Waals surface area contributed by atoms with Crippen molar-refractivity contribution in [3.63, 3.8) is 0 Å². The molecule has 122 valence electrons. The molecule has 0 fully saturated rings. The van der Waals surface area contributed by atoms with Gasteiger partial charge in [0, 0.05) is 16.6 Å². The number of halogens is 2. The van der Waals surface area contributed by atoms with Crippen molar-refractivity contribution in [1.82, 2.24) is 0 Å². The van der Waals surface area contributed by atoms with Gasteiger partial charge in [0.25, 0.3) is 0 Å². The van der Waals surface area contributed by atoms with Gasteiger partial charge in [0.15, 0.2) is 11.5 Å². The maximum atomic E-state index is 11.1. The van der Waals surface area contributed by atoms with E-state index >= 15 is 0 Å². The van der Waals surface area contributed by atoms with E-state index < -0.39 is 5.97 Å². The van der Waals surface area contributed by atoms with E-state index in [2.05, 4.69) is 21.2 Å². The predicted octanol–water partition coefficient (Wildman–Crippen LogP) is 4.43. The van der Waals surface area contributed by atoms with E-state index in [1.54, 1.807) is 26.4 Å². The van der Waals surface area contributed by atoms with Gasteiger partial charge in [-0.25, -0.2) is 4.79 Å². The standard InChI is InChI=1S/C16H15BrClNO4/c1-22-14-6-4-11(17)10(15(14)23-2)8-19-13-7-9(16(20)21)3-5-12(13)18/h3-7,19H,8H2,1-2H3,(H,20,21). The second-order valence-corrected chi connectivity index (χ2v) is 5.88. The summed E-state index contributed by atoms with van der Waals surface area (Å²) in [5.41, 5.74) is 1.53. The maximum Gasteiger partial charge on any atom is 0.335 e. The molecule has 0 saturated heterocycles. The molecular weight excluding hydrogens is 386 g/mol. The van der Waals surface area contributed by atoms with Crippen LogP contribution >= 0.6 is 27.5 Å². The predicted molar refractivity (Wildman–Crippen MR) is 93.0 cm³/mol. The van der Waals surface area contributed by atoms with Gasteiger partial charge in [-0.3, -0.25) is 0 Å². The minimum Gasteiger partial charge on any atom is -0.493 e. The van der Waals surface area contributed by atoms with Gasteiger partial charge in [0.05, 0.1) is 30.5 Å². The van der Waals surface area contributed by atoms with E-state index in [1.807, 2.05) is 6.07 Å². The molecule has 0 aliphatic rings. The Morgan fingerprint density at radius 1 is 1.26 bits per heavy atom. The number of benzene rings is 2. The van der Waals surface area contributed by atoms with Crippen molar-refractivity contribution in [1.29, 1.82) is 0 Å². The molecule has 7 heteroatoms. The number of hydrogen-bond acceptors (Lipinski definition) is 4. The molecule has 0 spiro atoms. The average Bonchev–Trinajstić information content (AvgIpc) is 2.54. The second-order valence-electron chi connectivity index (χ2n) is 4.61. The Bertz CT molecular complexity index is 736. The van der Waals surface area contributed by atoms with Gasteiger partial charge in [-0.2, -0.15) is 0 Å². The lowest BCUT2D eigenvalue weighted by molar-refractivity contribution is 0.0697. The van der Waals surface area contributed by atoms with E-state index in [0.29, 0.717) is 28.8 Å². The van der Waals surface area contributed by atoms with Crippen LogP contribution in [0.5, 0.6) is 11.5 Å². The van der Waals surface area contributed by atoms with Gasteiger partial charge in [-0.05, 0) is 30.3 Å². The van der Waals surface area contributed by atoms with Crippen LogP contribution < -0.4 is 14.8 Å². The Balaban J connectivity index is 2.31. The first-order chi connectivity index (χ1) is 11.0. The molecule has 0 unspecified atom stereocenters. The number of nitrogens with one attached hydrogen (secondary N) is 1. The number of rotatable bonds is 6. The van der Waals surface area contributed by atoms with Crippen LogP contribution in [0.4, 0.5) is 5.69 Å². The van der Waals surface area contributed by atoms with Crippen LogP contribution in [0.2, 0.25) is 5.02 Å². The van der Waals surface area contributed by atoms with E-state index in [9.17, 15) is 4.79 Å². The van der Waals surface area contributed by atoms with Gasteiger partial charge < -0.3 is 19.9 Å². The van der Waals surface area contributed by atoms with Crippen molar-refractivity contribution in [2.45, 2.75) is 6.54 Å². The molecule has 2 aromatic carbocycles. The third kappa shape index (κ3) is 3.89. The summed E-state index contributed by atoms with van der Waals surface area (Å²) in [5.74, 6) is 0.197. The smallest absolute Gasteiger partial charge is 0.335 e. The molecule has 2 rings (SSSR count). The Kier molecular flexibility index (Phi) is 5.74. The zero-order valence-electron chi connectivity index (χ0n) is 12.5. The molecule has 2 aromatic rings. The Morgan fingerprint density at radius 2 is 2.00 bits per heavy atom. The number of hydrogen-bond donors (Lipinski definition) is 2. The summed E-state index contributed by atoms with van der Waals surface area (Å²) in [6.07, 6.45) is 0. The van der Waals surface area contributed by atoms with Crippen LogP contribution in [0, 0.1) is 0 Å². The zero-order chi connectivity index (χ0) is 17.0. The van der Waals surface area contributed by atoms with Crippen molar-refractivity contribution in [2.75, 3.05) is 19.5 Å². The fourth-order valence-electron chi connectivity index (χ4n) is 2.11. The third-order valence-corrected chi connectivity index (χ3v) is 4.33. The van der Waals surface area contributed by atoms with Gasteiger partial charge in [-0.15, -0.1) is 0 Å². The van der Waals surface area contributed by atoms with Crippen LogP contribution in [0.15, 0.2) is 34.8 Å². The van der Waals surface area contributed by atoms with E-state index in [4.69, 9.17) is 26.2 Å². The molecule has 5 nitrogen and oxygen atoms in total. The molecule has 2 N–H and O–H groups in total. The molecule has 23 heavy (non-hydrogen) atoms. The number of methoxy groups -OCH3 is 2. The van der Waals surface area contributed by atoms with Crippen LogP contribution in [0.3, 0.4) is 0 Å². The fourth-order valence-corrected chi connectivity index (χ4v) is 2.75. The summed E-state index contributed by atoms with van der Waals surface area (Å²) in [6, 6.07) is 8.15. The highest BCUT2D eigenvalue weighted by Gasteiger charge is 2.14. The van der Waals surface area contributed by atoms with E-state index in [0.717, 1.165) is 10.0 Å². The van der Waals surface area contributed by atoms with Crippen LogP contribution in [-0.4, -0.2) is 25.3 Å². The SMILES string of the molecule is COc1ccc(Br)c(CNc2cc(C(=O)O)ccc2Cl)c1OC. The lowest BCUT2D eigenvalue weighted by atomic mass is 10.1. The van der Waals surface area contributed by atoms with E-state index in [1.165, 1.54) is 12.1 Å². The highest BCUT2D eigenvalue weighted by atomic mass is 79.9. The summed E-state index contributed by atoms with van der Waals surface area (Å²) in [7, 11) is 3.13. The zero-order valence-corrected chi connectivity index (χ0v) is 14.9. The minimum atomic E-state index is -1.01. The summed E-state index contributed by atoms with van der Waals surface area (Å²) in [6.45, 7) is 0.379. The first-order valence-electron chi connectivity index (χ1n) is 6.64. The number of carboxylic acids is 1. The molecule has 0 heterocycles. The average molecular weight is 401 g/mol. The first kappa shape index (κ1) is 17.4. The highest BCUT2D eigenvalue weighted by molar-refractivity contribution is 9.10. The minimum absolute atomic E-state index is 0.161. The number of carbonyl (C=O) groups is 1. The molecule has 0 atom stereocenters. The number of aromatic carboxylic acids is 1. The largest absolute Gasteiger partial charge is 0.493 e. The molecule has 0 radical (unpaired) electrons. The number of ether oxygens (including phenoxy) is 2. The van der Waals surface area contributed by atoms with E-state index in [-0.39, 0.29) is 5.56 Å². The molecule has 0 aliphatic carbocycles. The topological polar surface area (TPSA) is 67.8 Å². The van der Waals surface area contributed by atoms with Crippen LogP contribution in [-0.2, 0) is 6.54 Å². The Hall–Kier alpha value is -1.92. The Labute approximate surface area is 147 Å².